The first-order valence-electron chi connectivity index (χ1n) is 5.88. The third-order valence-corrected chi connectivity index (χ3v) is 4.04. The first-order valence-corrected chi connectivity index (χ1v) is 6.70. The molecule has 0 saturated carbocycles. The van der Waals surface area contributed by atoms with Gasteiger partial charge in [0.1, 0.15) is 16.6 Å². The Kier molecular flexibility index (Phi) is 2.95. The van der Waals surface area contributed by atoms with Crippen molar-refractivity contribution >= 4 is 21.6 Å². The van der Waals surface area contributed by atoms with Crippen LogP contribution in [-0.4, -0.2) is 12.1 Å². The summed E-state index contributed by atoms with van der Waals surface area (Å²) in [6, 6.07) is 10.4. The minimum atomic E-state index is -0.234. The van der Waals surface area contributed by atoms with E-state index in [1.54, 1.807) is 30.6 Å². The zero-order valence-electron chi connectivity index (χ0n) is 10.6. The number of thiazole rings is 1. The molecule has 0 radical (unpaired) electrons. The SMILES string of the molecule is COc1cc(C)c2nc(-c3ccc(F)cc3)sc2c1. The number of rotatable bonds is 2. The Bertz CT molecular complexity index is 734. The van der Waals surface area contributed by atoms with Crippen LogP contribution in [0.3, 0.4) is 0 Å². The summed E-state index contributed by atoms with van der Waals surface area (Å²) in [7, 11) is 1.66. The number of hydrogen-bond donors (Lipinski definition) is 0. The maximum atomic E-state index is 12.9. The Morgan fingerprint density at radius 1 is 1.16 bits per heavy atom. The lowest BCUT2D eigenvalue weighted by molar-refractivity contribution is 0.415. The molecular formula is C15H12FNOS. The zero-order valence-corrected chi connectivity index (χ0v) is 11.4. The Balaban J connectivity index is 2.16. The molecule has 0 unspecified atom stereocenters. The van der Waals surface area contributed by atoms with Crippen molar-refractivity contribution in [3.63, 3.8) is 0 Å². The predicted octanol–water partition coefficient (Wildman–Crippen LogP) is 4.42. The van der Waals surface area contributed by atoms with Gasteiger partial charge in [-0.25, -0.2) is 9.37 Å². The van der Waals surface area contributed by atoms with Gasteiger partial charge in [0.05, 0.1) is 17.3 Å². The number of halogens is 1. The van der Waals surface area contributed by atoms with Gasteiger partial charge in [-0.2, -0.15) is 0 Å². The molecule has 4 heteroatoms. The topological polar surface area (TPSA) is 22.1 Å². The van der Waals surface area contributed by atoms with Crippen LogP contribution in [0, 0.1) is 12.7 Å². The molecule has 0 aliphatic carbocycles. The van der Waals surface area contributed by atoms with Crippen LogP contribution in [0.25, 0.3) is 20.8 Å². The summed E-state index contributed by atoms with van der Waals surface area (Å²) in [5.41, 5.74) is 2.99. The van der Waals surface area contributed by atoms with Gasteiger partial charge < -0.3 is 4.74 Å². The third-order valence-electron chi connectivity index (χ3n) is 2.99. The summed E-state index contributed by atoms with van der Waals surface area (Å²) in [5, 5.41) is 0.895. The van der Waals surface area contributed by atoms with Gasteiger partial charge in [0.2, 0.25) is 0 Å². The van der Waals surface area contributed by atoms with Gasteiger partial charge in [-0.3, -0.25) is 0 Å². The standard InChI is InChI=1S/C15H12FNOS/c1-9-7-12(18-2)8-13-14(9)17-15(19-13)10-3-5-11(16)6-4-10/h3-8H,1-2H3. The second-order valence-electron chi connectivity index (χ2n) is 4.32. The Hall–Kier alpha value is -1.94. The molecule has 0 N–H and O–H groups in total. The monoisotopic (exact) mass is 273 g/mol. The maximum absolute atomic E-state index is 12.9. The second-order valence-corrected chi connectivity index (χ2v) is 5.35. The van der Waals surface area contributed by atoms with Gasteiger partial charge in [0, 0.05) is 5.56 Å². The van der Waals surface area contributed by atoms with Crippen LogP contribution in [0.5, 0.6) is 5.75 Å². The minimum Gasteiger partial charge on any atom is -0.497 e. The number of ether oxygens (including phenoxy) is 1. The van der Waals surface area contributed by atoms with E-state index in [0.717, 1.165) is 32.1 Å². The lowest BCUT2D eigenvalue weighted by Crippen LogP contribution is -1.84. The minimum absolute atomic E-state index is 0.234. The lowest BCUT2D eigenvalue weighted by atomic mass is 10.2. The van der Waals surface area contributed by atoms with Crippen LogP contribution in [0.1, 0.15) is 5.56 Å². The van der Waals surface area contributed by atoms with Crippen molar-refractivity contribution < 1.29 is 9.13 Å². The molecule has 0 amide bonds. The number of aromatic nitrogens is 1. The van der Waals surface area contributed by atoms with Crippen molar-refractivity contribution in [1.29, 1.82) is 0 Å². The molecule has 0 spiro atoms. The average molecular weight is 273 g/mol. The molecule has 0 atom stereocenters. The van der Waals surface area contributed by atoms with Crippen molar-refractivity contribution in [2.75, 3.05) is 7.11 Å². The lowest BCUT2D eigenvalue weighted by Gasteiger charge is -2.00. The van der Waals surface area contributed by atoms with Crippen LogP contribution in [0.15, 0.2) is 36.4 Å². The van der Waals surface area contributed by atoms with E-state index in [1.807, 2.05) is 19.1 Å². The summed E-state index contributed by atoms with van der Waals surface area (Å²) >= 11 is 1.59. The highest BCUT2D eigenvalue weighted by molar-refractivity contribution is 7.21. The molecule has 2 aromatic carbocycles. The number of benzene rings is 2. The average Bonchev–Trinajstić information content (AvgIpc) is 2.84. The van der Waals surface area contributed by atoms with Gasteiger partial charge in [-0.05, 0) is 48.9 Å². The van der Waals surface area contributed by atoms with E-state index in [0.29, 0.717) is 0 Å². The zero-order chi connectivity index (χ0) is 13.4. The van der Waals surface area contributed by atoms with E-state index in [9.17, 15) is 4.39 Å². The quantitative estimate of drug-likeness (QED) is 0.689. The summed E-state index contributed by atoms with van der Waals surface area (Å²) in [6.45, 7) is 2.01. The fourth-order valence-electron chi connectivity index (χ4n) is 2.00. The van der Waals surface area contributed by atoms with E-state index >= 15 is 0 Å². The Morgan fingerprint density at radius 3 is 2.58 bits per heavy atom. The van der Waals surface area contributed by atoms with Crippen molar-refractivity contribution in [3.05, 3.63) is 47.8 Å². The van der Waals surface area contributed by atoms with Crippen LogP contribution in [0.2, 0.25) is 0 Å². The predicted molar refractivity (Wildman–Crippen MR) is 76.3 cm³/mol. The molecule has 2 nitrogen and oxygen atoms in total. The molecule has 19 heavy (non-hydrogen) atoms. The van der Waals surface area contributed by atoms with E-state index in [2.05, 4.69) is 4.98 Å². The van der Waals surface area contributed by atoms with Crippen LogP contribution < -0.4 is 4.74 Å². The largest absolute Gasteiger partial charge is 0.497 e. The van der Waals surface area contributed by atoms with E-state index < -0.39 is 0 Å². The third kappa shape index (κ3) is 2.19. The van der Waals surface area contributed by atoms with Crippen molar-refractivity contribution in [3.8, 4) is 16.3 Å². The molecule has 0 bridgehead atoms. The number of nitrogens with zero attached hydrogens (tertiary/aromatic N) is 1. The van der Waals surface area contributed by atoms with Gasteiger partial charge in [-0.1, -0.05) is 0 Å². The number of hydrogen-bond acceptors (Lipinski definition) is 3. The number of fused-ring (bicyclic) bond motifs is 1. The van der Waals surface area contributed by atoms with E-state index in [-0.39, 0.29) is 5.82 Å². The first kappa shape index (κ1) is 12.1. The summed E-state index contributed by atoms with van der Waals surface area (Å²) < 4.78 is 19.3. The smallest absolute Gasteiger partial charge is 0.124 e. The highest BCUT2D eigenvalue weighted by Gasteiger charge is 2.10. The van der Waals surface area contributed by atoms with Crippen molar-refractivity contribution in [2.45, 2.75) is 6.92 Å². The molecule has 0 saturated heterocycles. The summed E-state index contributed by atoms with van der Waals surface area (Å²) in [4.78, 5) is 4.63. The number of aryl methyl sites for hydroxylation is 1. The van der Waals surface area contributed by atoms with Crippen LogP contribution in [0.4, 0.5) is 4.39 Å². The fourth-order valence-corrected chi connectivity index (χ4v) is 3.08. The Morgan fingerprint density at radius 2 is 1.89 bits per heavy atom. The molecule has 0 aliphatic rings. The molecule has 3 aromatic rings. The molecule has 0 fully saturated rings. The van der Waals surface area contributed by atoms with Crippen LogP contribution >= 0.6 is 11.3 Å². The van der Waals surface area contributed by atoms with Crippen molar-refractivity contribution in [2.24, 2.45) is 0 Å². The highest BCUT2D eigenvalue weighted by Crippen LogP contribution is 2.34. The van der Waals surface area contributed by atoms with Gasteiger partial charge in [0.25, 0.3) is 0 Å². The second kappa shape index (κ2) is 4.63. The molecule has 1 heterocycles. The highest BCUT2D eigenvalue weighted by atomic mass is 32.1. The molecule has 0 aliphatic heterocycles. The Labute approximate surface area is 114 Å². The normalized spacial score (nSPS) is 10.9. The summed E-state index contributed by atoms with van der Waals surface area (Å²) in [6.07, 6.45) is 0. The van der Waals surface area contributed by atoms with Crippen molar-refractivity contribution in [1.82, 2.24) is 4.98 Å². The van der Waals surface area contributed by atoms with E-state index in [4.69, 9.17) is 4.74 Å². The van der Waals surface area contributed by atoms with Gasteiger partial charge in [0.15, 0.2) is 0 Å². The molecular weight excluding hydrogens is 261 g/mol. The van der Waals surface area contributed by atoms with E-state index in [1.165, 1.54) is 12.1 Å². The van der Waals surface area contributed by atoms with Gasteiger partial charge in [-0.15, -0.1) is 11.3 Å². The van der Waals surface area contributed by atoms with Crippen LogP contribution in [-0.2, 0) is 0 Å². The molecule has 1 aromatic heterocycles. The molecule has 96 valence electrons. The van der Waals surface area contributed by atoms with Gasteiger partial charge >= 0.3 is 0 Å². The summed E-state index contributed by atoms with van der Waals surface area (Å²) in [5.74, 6) is 0.599. The number of methoxy groups -OCH3 is 1. The fraction of sp³-hybridized carbons (Fsp3) is 0.133. The first-order chi connectivity index (χ1) is 9.17. The maximum Gasteiger partial charge on any atom is 0.124 e. The molecule has 3 rings (SSSR count).